The van der Waals surface area contributed by atoms with Crippen LogP contribution in [0.5, 0.6) is 0 Å². The minimum Gasteiger partial charge on any atom is -0.478 e. The molecule has 2 N–H and O–H groups in total. The summed E-state index contributed by atoms with van der Waals surface area (Å²) >= 11 is 0. The molecule has 0 aromatic carbocycles. The van der Waals surface area contributed by atoms with E-state index in [2.05, 4.69) is 15.3 Å². The zero-order valence-corrected chi connectivity index (χ0v) is 9.92. The van der Waals surface area contributed by atoms with Gasteiger partial charge in [0.15, 0.2) is 0 Å². The van der Waals surface area contributed by atoms with E-state index in [1.54, 1.807) is 18.5 Å². The smallest absolute Gasteiger partial charge is 0.337 e. The molecule has 0 saturated carbocycles. The van der Waals surface area contributed by atoms with Gasteiger partial charge in [0.1, 0.15) is 5.82 Å². The van der Waals surface area contributed by atoms with Crippen molar-refractivity contribution in [3.05, 3.63) is 53.5 Å². The van der Waals surface area contributed by atoms with Crippen LogP contribution in [0.3, 0.4) is 0 Å². The molecule has 0 aliphatic rings. The van der Waals surface area contributed by atoms with Crippen LogP contribution in [0, 0.1) is 6.92 Å². The van der Waals surface area contributed by atoms with Gasteiger partial charge < -0.3 is 10.4 Å². The number of aromatic nitrogens is 2. The summed E-state index contributed by atoms with van der Waals surface area (Å²) in [4.78, 5) is 18.7. The molecule has 0 fully saturated rings. The first kappa shape index (κ1) is 12.0. The average molecular weight is 243 g/mol. The van der Waals surface area contributed by atoms with E-state index in [4.69, 9.17) is 5.11 Å². The molecule has 2 rings (SSSR count). The van der Waals surface area contributed by atoms with E-state index in [9.17, 15) is 4.79 Å². The first-order chi connectivity index (χ1) is 8.66. The van der Waals surface area contributed by atoms with E-state index >= 15 is 0 Å². The fourth-order valence-corrected chi connectivity index (χ4v) is 1.51. The van der Waals surface area contributed by atoms with Crippen molar-refractivity contribution >= 4 is 11.8 Å². The zero-order chi connectivity index (χ0) is 13.0. The highest BCUT2D eigenvalue weighted by molar-refractivity contribution is 5.87. The number of carboxylic acid groups (broad SMARTS) is 1. The Labute approximate surface area is 105 Å². The van der Waals surface area contributed by atoms with Crippen molar-refractivity contribution in [2.75, 3.05) is 5.32 Å². The Morgan fingerprint density at radius 2 is 2.17 bits per heavy atom. The third-order valence-electron chi connectivity index (χ3n) is 2.61. The summed E-state index contributed by atoms with van der Waals surface area (Å²) in [5, 5.41) is 11.9. The maximum Gasteiger partial charge on any atom is 0.337 e. The topological polar surface area (TPSA) is 75.1 Å². The number of nitrogens with one attached hydrogen (secondary N) is 1. The van der Waals surface area contributed by atoms with Gasteiger partial charge in [-0.3, -0.25) is 4.98 Å². The molecule has 2 aromatic rings. The zero-order valence-electron chi connectivity index (χ0n) is 9.92. The first-order valence-electron chi connectivity index (χ1n) is 5.49. The van der Waals surface area contributed by atoms with Crippen molar-refractivity contribution < 1.29 is 9.90 Å². The number of rotatable bonds is 4. The summed E-state index contributed by atoms with van der Waals surface area (Å²) in [5.74, 6) is -0.324. The van der Waals surface area contributed by atoms with Gasteiger partial charge in [0.2, 0.25) is 0 Å². The largest absolute Gasteiger partial charge is 0.478 e. The number of aromatic carboxylic acids is 1. The maximum absolute atomic E-state index is 10.7. The molecular formula is C13H13N3O2. The van der Waals surface area contributed by atoms with E-state index in [0.717, 1.165) is 11.1 Å². The predicted molar refractivity (Wildman–Crippen MR) is 67.5 cm³/mol. The highest BCUT2D eigenvalue weighted by Crippen LogP contribution is 2.09. The van der Waals surface area contributed by atoms with Crippen molar-refractivity contribution in [1.29, 1.82) is 0 Å². The van der Waals surface area contributed by atoms with Gasteiger partial charge in [0.25, 0.3) is 0 Å². The first-order valence-corrected chi connectivity index (χ1v) is 5.49. The SMILES string of the molecule is Cc1cnccc1CNc1ccc(C(=O)O)cn1. The third-order valence-corrected chi connectivity index (χ3v) is 2.61. The molecule has 92 valence electrons. The van der Waals surface area contributed by atoms with E-state index < -0.39 is 5.97 Å². The molecule has 0 saturated heterocycles. The minimum absolute atomic E-state index is 0.181. The number of aryl methyl sites for hydroxylation is 1. The molecule has 18 heavy (non-hydrogen) atoms. The summed E-state index contributed by atoms with van der Waals surface area (Å²) in [6, 6.07) is 5.12. The second kappa shape index (κ2) is 5.27. The van der Waals surface area contributed by atoms with Crippen LogP contribution >= 0.6 is 0 Å². The van der Waals surface area contributed by atoms with Crippen LogP contribution in [0.25, 0.3) is 0 Å². The molecule has 0 radical (unpaired) electrons. The summed E-state index contributed by atoms with van der Waals surface area (Å²) in [6.07, 6.45) is 4.88. The fourth-order valence-electron chi connectivity index (χ4n) is 1.51. The minimum atomic E-state index is -0.973. The van der Waals surface area contributed by atoms with Gasteiger partial charge in [-0.2, -0.15) is 0 Å². The number of carboxylic acids is 1. The van der Waals surface area contributed by atoms with E-state index in [0.29, 0.717) is 12.4 Å². The van der Waals surface area contributed by atoms with Crippen LogP contribution < -0.4 is 5.32 Å². The van der Waals surface area contributed by atoms with Crippen molar-refractivity contribution in [2.24, 2.45) is 0 Å². The van der Waals surface area contributed by atoms with Crippen molar-refractivity contribution in [1.82, 2.24) is 9.97 Å². The lowest BCUT2D eigenvalue weighted by Crippen LogP contribution is -2.04. The molecule has 0 amide bonds. The molecule has 0 bridgehead atoms. The predicted octanol–water partition coefficient (Wildman–Crippen LogP) is 2.10. The van der Waals surface area contributed by atoms with Crippen molar-refractivity contribution in [2.45, 2.75) is 13.5 Å². The maximum atomic E-state index is 10.7. The van der Waals surface area contributed by atoms with Gasteiger partial charge in [0, 0.05) is 25.1 Å². The van der Waals surface area contributed by atoms with Crippen molar-refractivity contribution in [3.63, 3.8) is 0 Å². The molecule has 2 aromatic heterocycles. The van der Waals surface area contributed by atoms with Crippen LogP contribution in [0.1, 0.15) is 21.5 Å². The summed E-state index contributed by atoms with van der Waals surface area (Å²) in [6.45, 7) is 2.62. The lowest BCUT2D eigenvalue weighted by atomic mass is 10.1. The van der Waals surface area contributed by atoms with E-state index in [-0.39, 0.29) is 5.56 Å². The molecular weight excluding hydrogens is 230 g/mol. The van der Waals surface area contributed by atoms with Gasteiger partial charge in [-0.05, 0) is 36.2 Å². The number of hydrogen-bond donors (Lipinski definition) is 2. The molecule has 0 aliphatic carbocycles. The molecule has 0 aliphatic heterocycles. The highest BCUT2D eigenvalue weighted by atomic mass is 16.4. The number of nitrogens with zero attached hydrogens (tertiary/aromatic N) is 2. The van der Waals surface area contributed by atoms with Crippen molar-refractivity contribution in [3.8, 4) is 0 Å². The Hall–Kier alpha value is -2.43. The quantitative estimate of drug-likeness (QED) is 0.860. The summed E-state index contributed by atoms with van der Waals surface area (Å²) in [7, 11) is 0. The Bertz CT molecular complexity index is 552. The monoisotopic (exact) mass is 243 g/mol. The molecule has 5 nitrogen and oxygen atoms in total. The number of hydrogen-bond acceptors (Lipinski definition) is 4. The van der Waals surface area contributed by atoms with Crippen LogP contribution in [0.2, 0.25) is 0 Å². The third kappa shape index (κ3) is 2.82. The molecule has 0 spiro atoms. The highest BCUT2D eigenvalue weighted by Gasteiger charge is 2.03. The van der Waals surface area contributed by atoms with Gasteiger partial charge >= 0.3 is 5.97 Å². The Morgan fingerprint density at radius 3 is 2.78 bits per heavy atom. The lowest BCUT2D eigenvalue weighted by molar-refractivity contribution is 0.0696. The van der Waals surface area contributed by atoms with Gasteiger partial charge in [-0.1, -0.05) is 0 Å². The number of carbonyl (C=O) groups is 1. The van der Waals surface area contributed by atoms with Crippen LogP contribution in [-0.2, 0) is 6.54 Å². The van der Waals surface area contributed by atoms with Crippen LogP contribution in [0.15, 0.2) is 36.8 Å². The standard InChI is InChI=1S/C13H13N3O2/c1-9-6-14-5-4-10(9)7-15-12-3-2-11(8-16-12)13(17)18/h2-6,8H,7H2,1H3,(H,15,16)(H,17,18). The van der Waals surface area contributed by atoms with E-state index in [1.165, 1.54) is 12.3 Å². The average Bonchev–Trinajstić information content (AvgIpc) is 2.38. The normalized spacial score (nSPS) is 10.1. The molecule has 0 unspecified atom stereocenters. The second-order valence-corrected chi connectivity index (χ2v) is 3.89. The lowest BCUT2D eigenvalue weighted by Gasteiger charge is -2.07. The molecule has 2 heterocycles. The van der Waals surface area contributed by atoms with Gasteiger partial charge in [0.05, 0.1) is 5.56 Å². The van der Waals surface area contributed by atoms with Gasteiger partial charge in [-0.15, -0.1) is 0 Å². The molecule has 5 heteroatoms. The molecule has 0 atom stereocenters. The van der Waals surface area contributed by atoms with Gasteiger partial charge in [-0.25, -0.2) is 9.78 Å². The van der Waals surface area contributed by atoms with E-state index in [1.807, 2.05) is 13.0 Å². The van der Waals surface area contributed by atoms with Crippen LogP contribution in [-0.4, -0.2) is 21.0 Å². The summed E-state index contributed by atoms with van der Waals surface area (Å²) < 4.78 is 0. The fraction of sp³-hybridized carbons (Fsp3) is 0.154. The Balaban J connectivity index is 2.02. The Morgan fingerprint density at radius 1 is 1.33 bits per heavy atom. The number of pyridine rings is 2. The Kier molecular flexibility index (Phi) is 3.52. The summed E-state index contributed by atoms with van der Waals surface area (Å²) in [5.41, 5.74) is 2.42. The number of anilines is 1. The van der Waals surface area contributed by atoms with Crippen LogP contribution in [0.4, 0.5) is 5.82 Å². The second-order valence-electron chi connectivity index (χ2n) is 3.89.